The van der Waals surface area contributed by atoms with Gasteiger partial charge in [-0.25, -0.2) is 0 Å². The molecule has 0 spiro atoms. The third-order valence-corrected chi connectivity index (χ3v) is 4.09. The van der Waals surface area contributed by atoms with Crippen molar-refractivity contribution >= 4 is 17.5 Å². The average Bonchev–Trinajstić information content (AvgIpc) is 2.49. The Bertz CT molecular complexity index is 556. The summed E-state index contributed by atoms with van der Waals surface area (Å²) >= 11 is 0. The lowest BCUT2D eigenvalue weighted by Gasteiger charge is -2.34. The van der Waals surface area contributed by atoms with Crippen LogP contribution in [0.2, 0.25) is 0 Å². The molecule has 1 saturated heterocycles. The molecule has 3 rings (SSSR count). The predicted molar refractivity (Wildman–Crippen MR) is 76.8 cm³/mol. The summed E-state index contributed by atoms with van der Waals surface area (Å²) in [6.07, 6.45) is 1.95. The van der Waals surface area contributed by atoms with E-state index in [0.29, 0.717) is 13.1 Å². The van der Waals surface area contributed by atoms with E-state index in [4.69, 9.17) is 0 Å². The summed E-state index contributed by atoms with van der Waals surface area (Å²) in [5, 5.41) is 6.12. The van der Waals surface area contributed by atoms with Crippen LogP contribution >= 0.6 is 0 Å². The molecule has 1 fully saturated rings. The molecular formula is C15H19N3O2. The molecule has 1 atom stereocenters. The minimum absolute atomic E-state index is 0.0344. The third kappa shape index (κ3) is 2.13. The number of anilines is 1. The Labute approximate surface area is 118 Å². The Hall–Kier alpha value is -2.04. The number of hydrogen-bond donors (Lipinski definition) is 2. The number of amides is 2. The molecule has 20 heavy (non-hydrogen) atoms. The summed E-state index contributed by atoms with van der Waals surface area (Å²) in [5.41, 5.74) is 2.87. The maximum absolute atomic E-state index is 12.7. The number of nitrogens with one attached hydrogen (secondary N) is 2. The number of hydrogen-bond acceptors (Lipinski definition) is 3. The number of carbonyl (C=O) groups is 2. The fourth-order valence-corrected chi connectivity index (χ4v) is 2.92. The molecule has 106 valence electrons. The van der Waals surface area contributed by atoms with Crippen molar-refractivity contribution in [1.29, 1.82) is 0 Å². The highest BCUT2D eigenvalue weighted by Gasteiger charge is 2.31. The Morgan fingerprint density at radius 3 is 3.00 bits per heavy atom. The van der Waals surface area contributed by atoms with Crippen LogP contribution in [0.4, 0.5) is 5.69 Å². The zero-order chi connectivity index (χ0) is 14.1. The Morgan fingerprint density at radius 2 is 2.15 bits per heavy atom. The molecule has 2 aliphatic heterocycles. The zero-order valence-electron chi connectivity index (χ0n) is 11.6. The minimum atomic E-state index is -0.399. The van der Waals surface area contributed by atoms with E-state index in [1.54, 1.807) is 11.8 Å². The lowest BCUT2D eigenvalue weighted by atomic mass is 9.96. The molecular weight excluding hydrogens is 254 g/mol. The first-order valence-electron chi connectivity index (χ1n) is 7.13. The Balaban J connectivity index is 1.92. The molecule has 2 aliphatic rings. The molecule has 2 amide bonds. The molecule has 1 aromatic carbocycles. The molecule has 2 heterocycles. The van der Waals surface area contributed by atoms with Crippen molar-refractivity contribution in [1.82, 2.24) is 10.2 Å². The molecule has 0 radical (unpaired) electrons. The van der Waals surface area contributed by atoms with Crippen LogP contribution in [0, 0.1) is 0 Å². The highest BCUT2D eigenvalue weighted by atomic mass is 16.2. The van der Waals surface area contributed by atoms with E-state index in [9.17, 15) is 9.59 Å². The molecule has 1 unspecified atom stereocenters. The topological polar surface area (TPSA) is 61.4 Å². The number of benzene rings is 1. The lowest BCUT2D eigenvalue weighted by Crippen LogP contribution is -2.56. The Kier molecular flexibility index (Phi) is 3.34. The van der Waals surface area contributed by atoms with Gasteiger partial charge in [-0.05, 0) is 37.5 Å². The number of rotatable bonds is 1. The minimum Gasteiger partial charge on any atom is -0.385 e. The Morgan fingerprint density at radius 1 is 1.30 bits per heavy atom. The van der Waals surface area contributed by atoms with E-state index in [0.717, 1.165) is 36.2 Å². The van der Waals surface area contributed by atoms with Gasteiger partial charge in [-0.3, -0.25) is 9.59 Å². The smallest absolute Gasteiger partial charge is 0.254 e. The molecule has 5 nitrogen and oxygen atoms in total. The molecule has 0 aliphatic carbocycles. The SMILES string of the molecule is CC1C(=O)NCCN1C(=O)c1cccc2c1CCCN2. The summed E-state index contributed by atoms with van der Waals surface area (Å²) < 4.78 is 0. The van der Waals surface area contributed by atoms with Gasteiger partial charge in [0.15, 0.2) is 0 Å². The molecule has 0 aromatic heterocycles. The first-order valence-corrected chi connectivity index (χ1v) is 7.13. The van der Waals surface area contributed by atoms with Gasteiger partial charge >= 0.3 is 0 Å². The van der Waals surface area contributed by atoms with Crippen molar-refractivity contribution < 1.29 is 9.59 Å². The zero-order valence-corrected chi connectivity index (χ0v) is 11.6. The number of nitrogens with zero attached hydrogens (tertiary/aromatic N) is 1. The number of piperazine rings is 1. The van der Waals surface area contributed by atoms with Gasteiger partial charge in [0, 0.05) is 30.9 Å². The van der Waals surface area contributed by atoms with Crippen molar-refractivity contribution in [2.24, 2.45) is 0 Å². The van der Waals surface area contributed by atoms with Gasteiger partial charge in [0.2, 0.25) is 5.91 Å². The first kappa shape index (κ1) is 13.0. The fourth-order valence-electron chi connectivity index (χ4n) is 2.92. The highest BCUT2D eigenvalue weighted by molar-refractivity contribution is 6.00. The van der Waals surface area contributed by atoms with Gasteiger partial charge in [0.1, 0.15) is 6.04 Å². The molecule has 1 aromatic rings. The van der Waals surface area contributed by atoms with Gasteiger partial charge in [0.05, 0.1) is 0 Å². The first-order chi connectivity index (χ1) is 9.68. The second-order valence-corrected chi connectivity index (χ2v) is 5.33. The molecule has 5 heteroatoms. The van der Waals surface area contributed by atoms with E-state index < -0.39 is 6.04 Å². The maximum atomic E-state index is 12.7. The lowest BCUT2D eigenvalue weighted by molar-refractivity contribution is -0.127. The molecule has 0 saturated carbocycles. The summed E-state index contributed by atoms with van der Waals surface area (Å²) in [7, 11) is 0. The summed E-state index contributed by atoms with van der Waals surface area (Å²) in [5.74, 6) is -0.111. The quantitative estimate of drug-likeness (QED) is 0.802. The van der Waals surface area contributed by atoms with Crippen LogP contribution in [-0.2, 0) is 11.2 Å². The van der Waals surface area contributed by atoms with E-state index in [-0.39, 0.29) is 11.8 Å². The van der Waals surface area contributed by atoms with Crippen LogP contribution in [0.3, 0.4) is 0 Å². The van der Waals surface area contributed by atoms with E-state index >= 15 is 0 Å². The predicted octanol–water partition coefficient (Wildman–Crippen LogP) is 1.01. The summed E-state index contributed by atoms with van der Waals surface area (Å²) in [6, 6.07) is 5.38. The van der Waals surface area contributed by atoms with Crippen LogP contribution in [-0.4, -0.2) is 42.4 Å². The van der Waals surface area contributed by atoms with Crippen molar-refractivity contribution in [3.05, 3.63) is 29.3 Å². The fraction of sp³-hybridized carbons (Fsp3) is 0.467. The average molecular weight is 273 g/mol. The standard InChI is InChI=1S/C15H19N3O2/c1-10-14(19)17-8-9-18(10)15(20)12-4-2-6-13-11(12)5-3-7-16-13/h2,4,6,10,16H,3,5,7-9H2,1H3,(H,17,19). The van der Waals surface area contributed by atoms with E-state index in [1.165, 1.54) is 0 Å². The van der Waals surface area contributed by atoms with Crippen LogP contribution in [0.1, 0.15) is 29.3 Å². The monoisotopic (exact) mass is 273 g/mol. The maximum Gasteiger partial charge on any atom is 0.254 e. The van der Waals surface area contributed by atoms with Crippen molar-refractivity contribution in [3.8, 4) is 0 Å². The van der Waals surface area contributed by atoms with Crippen molar-refractivity contribution in [2.45, 2.75) is 25.8 Å². The van der Waals surface area contributed by atoms with Gasteiger partial charge in [0.25, 0.3) is 5.91 Å². The number of fused-ring (bicyclic) bond motifs is 1. The second kappa shape index (κ2) is 5.15. The van der Waals surface area contributed by atoms with Crippen molar-refractivity contribution in [2.75, 3.05) is 25.0 Å². The summed E-state index contributed by atoms with van der Waals surface area (Å²) in [4.78, 5) is 26.1. The van der Waals surface area contributed by atoms with Crippen LogP contribution < -0.4 is 10.6 Å². The van der Waals surface area contributed by atoms with Crippen LogP contribution in [0.15, 0.2) is 18.2 Å². The van der Waals surface area contributed by atoms with Gasteiger partial charge in [-0.2, -0.15) is 0 Å². The van der Waals surface area contributed by atoms with Crippen LogP contribution in [0.5, 0.6) is 0 Å². The molecule has 0 bridgehead atoms. The third-order valence-electron chi connectivity index (χ3n) is 4.09. The van der Waals surface area contributed by atoms with Gasteiger partial charge in [-0.1, -0.05) is 6.07 Å². The highest BCUT2D eigenvalue weighted by Crippen LogP contribution is 2.26. The van der Waals surface area contributed by atoms with E-state index in [2.05, 4.69) is 10.6 Å². The van der Waals surface area contributed by atoms with Gasteiger partial charge in [-0.15, -0.1) is 0 Å². The van der Waals surface area contributed by atoms with E-state index in [1.807, 2.05) is 18.2 Å². The van der Waals surface area contributed by atoms with Crippen LogP contribution in [0.25, 0.3) is 0 Å². The molecule has 2 N–H and O–H groups in total. The number of carbonyl (C=O) groups excluding carboxylic acids is 2. The normalized spacial score (nSPS) is 21.8. The summed E-state index contributed by atoms with van der Waals surface area (Å²) in [6.45, 7) is 3.83. The van der Waals surface area contributed by atoms with Gasteiger partial charge < -0.3 is 15.5 Å². The van der Waals surface area contributed by atoms with Crippen molar-refractivity contribution in [3.63, 3.8) is 0 Å². The largest absolute Gasteiger partial charge is 0.385 e. The second-order valence-electron chi connectivity index (χ2n) is 5.33.